The highest BCUT2D eigenvalue weighted by Crippen LogP contribution is 2.22. The van der Waals surface area contributed by atoms with Crippen LogP contribution in [0.3, 0.4) is 0 Å². The van der Waals surface area contributed by atoms with Crippen molar-refractivity contribution >= 4 is 27.5 Å². The van der Waals surface area contributed by atoms with Gasteiger partial charge in [-0.1, -0.05) is 34.1 Å². The number of anilines is 1. The van der Waals surface area contributed by atoms with Crippen LogP contribution in [0.1, 0.15) is 15.9 Å². The Morgan fingerprint density at radius 2 is 2.00 bits per heavy atom. The van der Waals surface area contributed by atoms with Gasteiger partial charge in [-0.15, -0.1) is 0 Å². The molecule has 0 radical (unpaired) electrons. The number of carbonyl (C=O) groups is 1. The van der Waals surface area contributed by atoms with E-state index < -0.39 is 0 Å². The van der Waals surface area contributed by atoms with E-state index in [-0.39, 0.29) is 17.2 Å². The number of amides is 1. The summed E-state index contributed by atoms with van der Waals surface area (Å²) in [6.45, 7) is 0.320. The molecule has 4 N–H and O–H groups in total. The zero-order valence-electron chi connectivity index (χ0n) is 10.1. The SMILES string of the molecule is Nc1ccccc1CNC(=O)c1ccc(Br)cc1O. The second-order valence-corrected chi connectivity index (χ2v) is 4.96. The molecule has 0 bridgehead atoms. The molecule has 5 heteroatoms. The number of nitrogens with two attached hydrogens (primary N) is 1. The average Bonchev–Trinajstić information content (AvgIpc) is 2.37. The molecule has 0 unspecified atom stereocenters. The number of hydrogen-bond donors (Lipinski definition) is 3. The summed E-state index contributed by atoms with van der Waals surface area (Å²) in [4.78, 5) is 11.9. The van der Waals surface area contributed by atoms with E-state index in [1.165, 1.54) is 6.07 Å². The number of phenolic OH excluding ortho intramolecular Hbond substituents is 1. The molecule has 0 spiro atoms. The fourth-order valence-electron chi connectivity index (χ4n) is 1.66. The van der Waals surface area contributed by atoms with E-state index >= 15 is 0 Å². The van der Waals surface area contributed by atoms with Crippen molar-refractivity contribution in [1.29, 1.82) is 0 Å². The summed E-state index contributed by atoms with van der Waals surface area (Å²) in [5.74, 6) is -0.402. The molecule has 0 aromatic heterocycles. The minimum atomic E-state index is -0.340. The fraction of sp³-hybridized carbons (Fsp3) is 0.0714. The Labute approximate surface area is 119 Å². The Morgan fingerprint density at radius 3 is 2.68 bits per heavy atom. The van der Waals surface area contributed by atoms with E-state index in [1.807, 2.05) is 18.2 Å². The Kier molecular flexibility index (Phi) is 4.06. The maximum Gasteiger partial charge on any atom is 0.255 e. The van der Waals surface area contributed by atoms with Crippen molar-refractivity contribution in [2.75, 3.05) is 5.73 Å². The molecule has 98 valence electrons. The highest BCUT2D eigenvalue weighted by molar-refractivity contribution is 9.10. The Hall–Kier alpha value is -2.01. The molecule has 2 rings (SSSR count). The van der Waals surface area contributed by atoms with Gasteiger partial charge in [0.25, 0.3) is 5.91 Å². The van der Waals surface area contributed by atoms with E-state index in [9.17, 15) is 9.90 Å². The van der Waals surface area contributed by atoms with Gasteiger partial charge in [0.15, 0.2) is 0 Å². The molecule has 0 aliphatic rings. The van der Waals surface area contributed by atoms with Crippen LogP contribution in [0.4, 0.5) is 5.69 Å². The van der Waals surface area contributed by atoms with Gasteiger partial charge < -0.3 is 16.2 Å². The molecule has 19 heavy (non-hydrogen) atoms. The number of phenols is 1. The van der Waals surface area contributed by atoms with Gasteiger partial charge in [-0.3, -0.25) is 4.79 Å². The number of rotatable bonds is 3. The van der Waals surface area contributed by atoms with Crippen LogP contribution < -0.4 is 11.1 Å². The maximum absolute atomic E-state index is 11.9. The molecule has 4 nitrogen and oxygen atoms in total. The van der Waals surface area contributed by atoms with Gasteiger partial charge >= 0.3 is 0 Å². The smallest absolute Gasteiger partial charge is 0.255 e. The first-order valence-electron chi connectivity index (χ1n) is 5.68. The molecule has 0 atom stereocenters. The summed E-state index contributed by atoms with van der Waals surface area (Å²) in [5.41, 5.74) is 7.49. The second kappa shape index (κ2) is 5.75. The van der Waals surface area contributed by atoms with Crippen molar-refractivity contribution in [2.45, 2.75) is 6.54 Å². The predicted molar refractivity (Wildman–Crippen MR) is 77.8 cm³/mol. The van der Waals surface area contributed by atoms with Crippen molar-refractivity contribution < 1.29 is 9.90 Å². The molecular formula is C14H13BrN2O2. The largest absolute Gasteiger partial charge is 0.507 e. The van der Waals surface area contributed by atoms with E-state index in [2.05, 4.69) is 21.2 Å². The fourth-order valence-corrected chi connectivity index (χ4v) is 2.01. The van der Waals surface area contributed by atoms with Crippen LogP contribution in [0.25, 0.3) is 0 Å². The van der Waals surface area contributed by atoms with E-state index in [0.717, 1.165) is 5.56 Å². The topological polar surface area (TPSA) is 75.3 Å². The van der Waals surface area contributed by atoms with Crippen LogP contribution >= 0.6 is 15.9 Å². The highest BCUT2D eigenvalue weighted by Gasteiger charge is 2.11. The molecule has 0 aliphatic carbocycles. The van der Waals surface area contributed by atoms with Crippen molar-refractivity contribution in [1.82, 2.24) is 5.32 Å². The van der Waals surface area contributed by atoms with Crippen LogP contribution in [0.2, 0.25) is 0 Å². The second-order valence-electron chi connectivity index (χ2n) is 4.04. The monoisotopic (exact) mass is 320 g/mol. The van der Waals surface area contributed by atoms with E-state index in [4.69, 9.17) is 5.73 Å². The Bertz CT molecular complexity index is 614. The number of carbonyl (C=O) groups excluding carboxylic acids is 1. The van der Waals surface area contributed by atoms with Gasteiger partial charge in [-0.2, -0.15) is 0 Å². The summed E-state index contributed by atoms with van der Waals surface area (Å²) >= 11 is 3.22. The Balaban J connectivity index is 2.08. The number of aromatic hydroxyl groups is 1. The highest BCUT2D eigenvalue weighted by atomic mass is 79.9. The molecule has 0 aliphatic heterocycles. The van der Waals surface area contributed by atoms with E-state index in [0.29, 0.717) is 16.7 Å². The van der Waals surface area contributed by atoms with Gasteiger partial charge in [0.05, 0.1) is 5.56 Å². The molecule has 0 saturated heterocycles. The number of hydrogen-bond acceptors (Lipinski definition) is 3. The third-order valence-corrected chi connectivity index (χ3v) is 3.19. The van der Waals surface area contributed by atoms with Crippen molar-refractivity contribution in [3.8, 4) is 5.75 Å². The average molecular weight is 321 g/mol. The normalized spacial score (nSPS) is 10.2. The third-order valence-electron chi connectivity index (χ3n) is 2.70. The zero-order chi connectivity index (χ0) is 13.8. The minimum Gasteiger partial charge on any atom is -0.507 e. The first-order chi connectivity index (χ1) is 9.08. The van der Waals surface area contributed by atoms with E-state index in [1.54, 1.807) is 18.2 Å². The Morgan fingerprint density at radius 1 is 1.26 bits per heavy atom. The van der Waals surface area contributed by atoms with Crippen molar-refractivity contribution in [2.24, 2.45) is 0 Å². The molecule has 0 fully saturated rings. The standard InChI is InChI=1S/C14H13BrN2O2/c15-10-5-6-11(13(18)7-10)14(19)17-8-9-3-1-2-4-12(9)16/h1-7,18H,8,16H2,(H,17,19). The number of para-hydroxylation sites is 1. The molecule has 0 heterocycles. The number of benzene rings is 2. The molecule has 1 amide bonds. The molecule has 2 aromatic carbocycles. The van der Waals surface area contributed by atoms with Crippen LogP contribution in [0, 0.1) is 0 Å². The minimum absolute atomic E-state index is 0.0621. The molecule has 2 aromatic rings. The van der Waals surface area contributed by atoms with Crippen molar-refractivity contribution in [3.05, 3.63) is 58.1 Å². The lowest BCUT2D eigenvalue weighted by Gasteiger charge is -2.09. The van der Waals surface area contributed by atoms with Gasteiger partial charge in [0.2, 0.25) is 0 Å². The maximum atomic E-state index is 11.9. The zero-order valence-corrected chi connectivity index (χ0v) is 11.6. The number of halogens is 1. The lowest BCUT2D eigenvalue weighted by Crippen LogP contribution is -2.23. The van der Waals surface area contributed by atoms with Crippen LogP contribution in [-0.4, -0.2) is 11.0 Å². The van der Waals surface area contributed by atoms with Crippen molar-refractivity contribution in [3.63, 3.8) is 0 Å². The van der Waals surface area contributed by atoms with Crippen LogP contribution in [0.15, 0.2) is 46.9 Å². The summed E-state index contributed by atoms with van der Waals surface area (Å²) in [6, 6.07) is 12.0. The molecular weight excluding hydrogens is 308 g/mol. The predicted octanol–water partition coefficient (Wildman–Crippen LogP) is 2.67. The summed E-state index contributed by atoms with van der Waals surface area (Å²) in [6.07, 6.45) is 0. The van der Waals surface area contributed by atoms with Gasteiger partial charge in [-0.05, 0) is 29.8 Å². The van der Waals surface area contributed by atoms with Gasteiger partial charge in [0.1, 0.15) is 5.75 Å². The third kappa shape index (κ3) is 3.26. The number of nitrogens with one attached hydrogen (secondary N) is 1. The summed E-state index contributed by atoms with van der Waals surface area (Å²) in [7, 11) is 0. The first-order valence-corrected chi connectivity index (χ1v) is 6.47. The quantitative estimate of drug-likeness (QED) is 0.761. The summed E-state index contributed by atoms with van der Waals surface area (Å²) < 4.78 is 0.717. The van der Waals surface area contributed by atoms with Gasteiger partial charge in [-0.25, -0.2) is 0 Å². The summed E-state index contributed by atoms with van der Waals surface area (Å²) in [5, 5.41) is 12.4. The number of nitrogen functional groups attached to an aromatic ring is 1. The van der Waals surface area contributed by atoms with Crippen LogP contribution in [0.5, 0.6) is 5.75 Å². The lowest BCUT2D eigenvalue weighted by molar-refractivity contribution is 0.0948. The molecule has 0 saturated carbocycles. The van der Waals surface area contributed by atoms with Crippen LogP contribution in [-0.2, 0) is 6.54 Å². The van der Waals surface area contributed by atoms with Gasteiger partial charge in [0, 0.05) is 16.7 Å². The lowest BCUT2D eigenvalue weighted by atomic mass is 10.1. The first kappa shape index (κ1) is 13.4.